The van der Waals surface area contributed by atoms with Gasteiger partial charge in [0.1, 0.15) is 5.69 Å². The van der Waals surface area contributed by atoms with Crippen molar-refractivity contribution in [2.24, 2.45) is 0 Å². The third-order valence-electron chi connectivity index (χ3n) is 7.89. The van der Waals surface area contributed by atoms with Crippen molar-refractivity contribution < 1.29 is 14.4 Å². The Morgan fingerprint density at radius 2 is 1.82 bits per heavy atom. The maximum atomic E-state index is 13.7. The Kier molecular flexibility index (Phi) is 7.85. The number of anilines is 2. The first-order valence-electron chi connectivity index (χ1n) is 14.7. The number of aromatic nitrogens is 3. The highest BCUT2D eigenvalue weighted by Crippen LogP contribution is 2.33. The van der Waals surface area contributed by atoms with Crippen LogP contribution in [-0.2, 0) is 17.9 Å². The van der Waals surface area contributed by atoms with Crippen LogP contribution in [0, 0.1) is 6.92 Å². The lowest BCUT2D eigenvalue weighted by Gasteiger charge is -2.32. The van der Waals surface area contributed by atoms with E-state index in [1.54, 1.807) is 36.2 Å². The van der Waals surface area contributed by atoms with E-state index in [0.717, 1.165) is 33.2 Å². The van der Waals surface area contributed by atoms with E-state index >= 15 is 0 Å². The van der Waals surface area contributed by atoms with Crippen molar-refractivity contribution in [3.63, 3.8) is 0 Å². The summed E-state index contributed by atoms with van der Waals surface area (Å²) in [5.74, 6) is -0.669. The van der Waals surface area contributed by atoms with Crippen LogP contribution in [0.25, 0.3) is 10.8 Å². The molecule has 1 unspecified atom stereocenters. The van der Waals surface area contributed by atoms with E-state index in [9.17, 15) is 14.4 Å². The number of benzene rings is 3. The van der Waals surface area contributed by atoms with Crippen LogP contribution in [0.1, 0.15) is 63.1 Å². The fraction of sp³-hybridized carbons (Fsp3) is 0.200. The van der Waals surface area contributed by atoms with Crippen LogP contribution in [0.4, 0.5) is 11.4 Å². The number of H-pyrrole nitrogens is 1. The molecule has 0 spiro atoms. The zero-order valence-corrected chi connectivity index (χ0v) is 24.9. The number of carbonyl (C=O) groups excluding carboxylic acids is 3. The molecule has 0 aliphatic carbocycles. The van der Waals surface area contributed by atoms with Crippen molar-refractivity contribution in [3.8, 4) is 0 Å². The van der Waals surface area contributed by atoms with Gasteiger partial charge in [-0.3, -0.25) is 19.1 Å². The van der Waals surface area contributed by atoms with Crippen LogP contribution in [0.2, 0.25) is 0 Å². The molecule has 3 aromatic carbocycles. The van der Waals surface area contributed by atoms with E-state index in [1.807, 2.05) is 66.2 Å². The third-order valence-corrected chi connectivity index (χ3v) is 7.89. The summed E-state index contributed by atoms with van der Waals surface area (Å²) in [7, 11) is 0. The molecular formula is C35H34N6O3. The minimum absolute atomic E-state index is 0.0610. The number of fused-ring (bicyclic) bond motifs is 2. The van der Waals surface area contributed by atoms with Gasteiger partial charge >= 0.3 is 0 Å². The summed E-state index contributed by atoms with van der Waals surface area (Å²) in [5.41, 5.74) is 5.99. The van der Waals surface area contributed by atoms with E-state index < -0.39 is 0 Å². The number of rotatable bonds is 7. The summed E-state index contributed by atoms with van der Waals surface area (Å²) >= 11 is 0. The zero-order valence-electron chi connectivity index (χ0n) is 24.9. The summed E-state index contributed by atoms with van der Waals surface area (Å²) in [5, 5.41) is 12.8. The molecule has 9 nitrogen and oxygen atoms in total. The van der Waals surface area contributed by atoms with Crippen molar-refractivity contribution in [3.05, 3.63) is 125 Å². The molecule has 0 fully saturated rings. The molecule has 0 radical (unpaired) electrons. The molecule has 1 atom stereocenters. The third kappa shape index (κ3) is 5.76. The Morgan fingerprint density at radius 3 is 2.59 bits per heavy atom. The topological polar surface area (TPSA) is 112 Å². The molecule has 3 amide bonds. The summed E-state index contributed by atoms with van der Waals surface area (Å²) in [6.45, 7) is 7.06. The first-order valence-corrected chi connectivity index (χ1v) is 14.7. The fourth-order valence-corrected chi connectivity index (χ4v) is 5.96. The van der Waals surface area contributed by atoms with E-state index in [4.69, 9.17) is 5.10 Å². The monoisotopic (exact) mass is 586 g/mol. The standard InChI is InChI=1S/C35H34N6O3/c1-4-8-31(42)37-27-14-15-28-24(18-27)10-6-11-25(28)20-41-33-23(3)19-40(35(44)30-13-7-16-36-30)21-29(33)32(39-41)34(43)38-26-12-5-9-22(2)17-26/h4-18,23,36H,19-21H2,1-3H3,(H,37,42)(H,38,43)/b8-4+. The average Bonchev–Trinajstić information content (AvgIpc) is 3.66. The molecule has 9 heteroatoms. The summed E-state index contributed by atoms with van der Waals surface area (Å²) in [6, 6.07) is 23.1. The Morgan fingerprint density at radius 1 is 1.00 bits per heavy atom. The summed E-state index contributed by atoms with van der Waals surface area (Å²) in [6.07, 6.45) is 4.92. The lowest BCUT2D eigenvalue weighted by Crippen LogP contribution is -2.38. The van der Waals surface area contributed by atoms with Crippen LogP contribution in [0.15, 0.2) is 91.1 Å². The van der Waals surface area contributed by atoms with Gasteiger partial charge in [-0.15, -0.1) is 0 Å². The highest BCUT2D eigenvalue weighted by atomic mass is 16.2. The van der Waals surface area contributed by atoms with Crippen molar-refractivity contribution in [1.82, 2.24) is 19.7 Å². The molecular weight excluding hydrogens is 552 g/mol. The number of aromatic amines is 1. The van der Waals surface area contributed by atoms with Crippen molar-refractivity contribution in [2.75, 3.05) is 17.2 Å². The highest BCUT2D eigenvalue weighted by Gasteiger charge is 2.34. The molecule has 3 heterocycles. The maximum absolute atomic E-state index is 13.7. The molecule has 1 aliphatic rings. The number of allylic oxidation sites excluding steroid dienone is 1. The number of amides is 3. The molecule has 0 bridgehead atoms. The van der Waals surface area contributed by atoms with Gasteiger partial charge in [0.25, 0.3) is 11.8 Å². The molecule has 0 saturated heterocycles. The summed E-state index contributed by atoms with van der Waals surface area (Å²) < 4.78 is 1.91. The van der Waals surface area contributed by atoms with Crippen LogP contribution in [0.3, 0.4) is 0 Å². The highest BCUT2D eigenvalue weighted by molar-refractivity contribution is 6.04. The molecule has 1 aliphatic heterocycles. The van der Waals surface area contributed by atoms with Crippen LogP contribution in [-0.4, -0.2) is 43.9 Å². The Hall–Kier alpha value is -5.44. The van der Waals surface area contributed by atoms with Gasteiger partial charge in [-0.25, -0.2) is 0 Å². The second kappa shape index (κ2) is 12.0. The predicted molar refractivity (Wildman–Crippen MR) is 172 cm³/mol. The number of carbonyl (C=O) groups is 3. The minimum Gasteiger partial charge on any atom is -0.357 e. The van der Waals surface area contributed by atoms with Gasteiger partial charge < -0.3 is 20.5 Å². The van der Waals surface area contributed by atoms with Crippen LogP contribution >= 0.6 is 0 Å². The Balaban J connectivity index is 1.37. The first-order chi connectivity index (χ1) is 21.3. The Bertz CT molecular complexity index is 1900. The van der Waals surface area contributed by atoms with E-state index in [-0.39, 0.29) is 30.2 Å². The number of nitrogens with one attached hydrogen (secondary N) is 3. The van der Waals surface area contributed by atoms with E-state index in [2.05, 4.69) is 28.6 Å². The number of hydrogen-bond donors (Lipinski definition) is 3. The van der Waals surface area contributed by atoms with Gasteiger partial charge in [-0.05, 0) is 78.2 Å². The van der Waals surface area contributed by atoms with E-state index in [0.29, 0.717) is 35.9 Å². The average molecular weight is 587 g/mol. The quantitative estimate of drug-likeness (QED) is 0.196. The second-order valence-corrected chi connectivity index (χ2v) is 11.2. The van der Waals surface area contributed by atoms with Gasteiger partial charge in [0, 0.05) is 41.3 Å². The molecule has 3 N–H and O–H groups in total. The molecule has 2 aromatic heterocycles. The van der Waals surface area contributed by atoms with Crippen LogP contribution in [0.5, 0.6) is 0 Å². The largest absolute Gasteiger partial charge is 0.357 e. The molecule has 222 valence electrons. The molecule has 6 rings (SSSR count). The van der Waals surface area contributed by atoms with Crippen LogP contribution < -0.4 is 10.6 Å². The number of hydrogen-bond acceptors (Lipinski definition) is 4. The first kappa shape index (κ1) is 28.7. The van der Waals surface area contributed by atoms with Gasteiger partial charge in [0.05, 0.1) is 13.1 Å². The van der Waals surface area contributed by atoms with Gasteiger partial charge in [0.2, 0.25) is 5.91 Å². The minimum atomic E-state index is -0.314. The van der Waals surface area contributed by atoms with Gasteiger partial charge in [0.15, 0.2) is 5.69 Å². The lowest BCUT2D eigenvalue weighted by atomic mass is 9.95. The molecule has 5 aromatic rings. The summed E-state index contributed by atoms with van der Waals surface area (Å²) in [4.78, 5) is 43.9. The second-order valence-electron chi connectivity index (χ2n) is 11.2. The SMILES string of the molecule is C/C=C/C(=O)Nc1ccc2c(Cn3nc(C(=O)Nc4cccc(C)c4)c4c3C(C)CN(C(=O)c3ccc[nH]3)C4)cccc2c1. The van der Waals surface area contributed by atoms with Gasteiger partial charge in [-0.2, -0.15) is 5.10 Å². The van der Waals surface area contributed by atoms with Crippen molar-refractivity contribution in [1.29, 1.82) is 0 Å². The predicted octanol–water partition coefficient (Wildman–Crippen LogP) is 6.25. The number of aryl methyl sites for hydroxylation is 1. The Labute approximate surface area is 255 Å². The van der Waals surface area contributed by atoms with Crippen molar-refractivity contribution in [2.45, 2.75) is 39.8 Å². The molecule has 0 saturated carbocycles. The lowest BCUT2D eigenvalue weighted by molar-refractivity contribution is -0.111. The van der Waals surface area contributed by atoms with Crippen molar-refractivity contribution >= 4 is 39.9 Å². The smallest absolute Gasteiger partial charge is 0.276 e. The van der Waals surface area contributed by atoms with Gasteiger partial charge in [-0.1, -0.05) is 49.4 Å². The number of nitrogens with zero attached hydrogens (tertiary/aromatic N) is 3. The zero-order chi connectivity index (χ0) is 30.8. The maximum Gasteiger partial charge on any atom is 0.276 e. The van der Waals surface area contributed by atoms with E-state index in [1.165, 1.54) is 6.08 Å². The normalized spacial score (nSPS) is 14.5. The fourth-order valence-electron chi connectivity index (χ4n) is 5.96. The molecule has 44 heavy (non-hydrogen) atoms.